The zero-order valence-electron chi connectivity index (χ0n) is 6.03. The average Bonchev–Trinajstić information content (AvgIpc) is 2.37. The van der Waals surface area contributed by atoms with Crippen molar-refractivity contribution in [2.45, 2.75) is 12.5 Å². The Morgan fingerprint density at radius 2 is 2.64 bits per heavy atom. The van der Waals surface area contributed by atoms with Gasteiger partial charge in [0.1, 0.15) is 0 Å². The maximum absolute atomic E-state index is 10.8. The smallest absolute Gasteiger partial charge is 0.347 e. The van der Waals surface area contributed by atoms with Gasteiger partial charge in [0, 0.05) is 12.2 Å². The molecule has 0 aromatic rings. The third-order valence-corrected chi connectivity index (χ3v) is 1.54. The summed E-state index contributed by atoms with van der Waals surface area (Å²) in [5, 5.41) is 0. The second kappa shape index (κ2) is 4.28. The lowest BCUT2D eigenvalue weighted by Crippen LogP contribution is -2.15. The fourth-order valence-electron chi connectivity index (χ4n) is 0.794. The largest absolute Gasteiger partial charge is 0.486 e. The Morgan fingerprint density at radius 3 is 3.18 bits per heavy atom. The molecule has 1 heterocycles. The normalized spacial score (nSPS) is 24.1. The number of esters is 1. The van der Waals surface area contributed by atoms with E-state index in [0.717, 1.165) is 0 Å². The molecule has 0 N–H and O–H groups in total. The molecular formula is C7H10O3S. The molecule has 0 aromatic carbocycles. The summed E-state index contributed by atoms with van der Waals surface area (Å²) in [7, 11) is 0. The molecule has 0 spiro atoms. The molecule has 1 saturated heterocycles. The van der Waals surface area contributed by atoms with Crippen LogP contribution < -0.4 is 0 Å². The minimum Gasteiger partial charge on any atom is -0.486 e. The van der Waals surface area contributed by atoms with E-state index in [2.05, 4.69) is 17.4 Å². The molecule has 0 bridgehead atoms. The van der Waals surface area contributed by atoms with Crippen molar-refractivity contribution in [2.75, 3.05) is 12.4 Å². The second-order valence-electron chi connectivity index (χ2n) is 2.14. The topological polar surface area (TPSA) is 35.5 Å². The molecule has 3 nitrogen and oxygen atoms in total. The molecule has 62 valence electrons. The Labute approximate surface area is 70.8 Å². The number of carbonyl (C=O) groups is 1. The van der Waals surface area contributed by atoms with Crippen LogP contribution in [0.5, 0.6) is 0 Å². The fraction of sp³-hybridized carbons (Fsp3) is 0.571. The molecule has 0 aliphatic carbocycles. The van der Waals surface area contributed by atoms with Crippen molar-refractivity contribution in [3.8, 4) is 0 Å². The van der Waals surface area contributed by atoms with Crippen LogP contribution in [0.15, 0.2) is 12.3 Å². The number of carbonyl (C=O) groups excluding carboxylic acids is 1. The van der Waals surface area contributed by atoms with E-state index in [1.807, 2.05) is 0 Å². The maximum Gasteiger partial charge on any atom is 0.347 e. The van der Waals surface area contributed by atoms with E-state index in [1.54, 1.807) is 6.08 Å². The predicted octanol–water partition coefficient (Wildman–Crippen LogP) is 0.762. The lowest BCUT2D eigenvalue weighted by atomic mass is 10.3. The first-order valence-corrected chi connectivity index (χ1v) is 4.06. The average molecular weight is 174 g/mol. The summed E-state index contributed by atoms with van der Waals surface area (Å²) in [6.07, 6.45) is 3.47. The first-order valence-electron chi connectivity index (χ1n) is 3.42. The highest BCUT2D eigenvalue weighted by Gasteiger charge is 2.26. The number of thiol groups is 1. The summed E-state index contributed by atoms with van der Waals surface area (Å²) in [5.74, 6) is 0.343. The summed E-state index contributed by atoms with van der Waals surface area (Å²) in [6.45, 7) is 0.470. The van der Waals surface area contributed by atoms with Gasteiger partial charge in [-0.25, -0.2) is 4.79 Å². The van der Waals surface area contributed by atoms with Crippen LogP contribution in [0.2, 0.25) is 0 Å². The van der Waals surface area contributed by atoms with Crippen LogP contribution in [0.25, 0.3) is 0 Å². The third-order valence-electron chi connectivity index (χ3n) is 1.33. The SMILES string of the molecule is O=C1OCCC1OC=CCS. The molecule has 0 saturated carbocycles. The Morgan fingerprint density at radius 1 is 1.82 bits per heavy atom. The Balaban J connectivity index is 2.25. The van der Waals surface area contributed by atoms with Crippen LogP contribution in [0.3, 0.4) is 0 Å². The molecule has 1 fully saturated rings. The molecule has 1 aliphatic heterocycles. The van der Waals surface area contributed by atoms with E-state index in [9.17, 15) is 4.79 Å². The van der Waals surface area contributed by atoms with Gasteiger partial charge < -0.3 is 9.47 Å². The third kappa shape index (κ3) is 2.46. The van der Waals surface area contributed by atoms with E-state index < -0.39 is 6.10 Å². The summed E-state index contributed by atoms with van der Waals surface area (Å²) >= 11 is 3.94. The van der Waals surface area contributed by atoms with Crippen molar-refractivity contribution in [1.82, 2.24) is 0 Å². The minimum absolute atomic E-state index is 0.270. The van der Waals surface area contributed by atoms with Gasteiger partial charge >= 0.3 is 5.97 Å². The van der Waals surface area contributed by atoms with Crippen molar-refractivity contribution < 1.29 is 14.3 Å². The standard InChI is InChI=1S/C7H10O3S/c8-7-6(2-4-10-7)9-3-1-5-11/h1,3,6,11H,2,4-5H2. The molecule has 1 aliphatic rings. The highest BCUT2D eigenvalue weighted by molar-refractivity contribution is 7.80. The maximum atomic E-state index is 10.8. The van der Waals surface area contributed by atoms with Gasteiger partial charge in [0.25, 0.3) is 0 Å². The van der Waals surface area contributed by atoms with Crippen molar-refractivity contribution in [3.63, 3.8) is 0 Å². The second-order valence-corrected chi connectivity index (χ2v) is 2.50. The highest BCUT2D eigenvalue weighted by Crippen LogP contribution is 2.09. The molecular weight excluding hydrogens is 164 g/mol. The van der Waals surface area contributed by atoms with Crippen LogP contribution in [0.4, 0.5) is 0 Å². The molecule has 1 rings (SSSR count). The monoisotopic (exact) mass is 174 g/mol. The lowest BCUT2D eigenvalue weighted by Gasteiger charge is -2.02. The summed E-state index contributed by atoms with van der Waals surface area (Å²) in [5.41, 5.74) is 0. The molecule has 0 amide bonds. The summed E-state index contributed by atoms with van der Waals surface area (Å²) in [4.78, 5) is 10.8. The van der Waals surface area contributed by atoms with E-state index in [0.29, 0.717) is 18.8 Å². The van der Waals surface area contributed by atoms with Gasteiger partial charge in [-0.1, -0.05) is 0 Å². The first-order chi connectivity index (χ1) is 5.34. The Hall–Kier alpha value is -0.640. The van der Waals surface area contributed by atoms with E-state index in [4.69, 9.17) is 4.74 Å². The number of hydrogen-bond acceptors (Lipinski definition) is 4. The Kier molecular flexibility index (Phi) is 3.29. The van der Waals surface area contributed by atoms with Crippen LogP contribution in [0, 0.1) is 0 Å². The predicted molar refractivity (Wildman–Crippen MR) is 43.4 cm³/mol. The van der Waals surface area contributed by atoms with Crippen LogP contribution in [-0.4, -0.2) is 24.4 Å². The van der Waals surface area contributed by atoms with Gasteiger partial charge in [0.15, 0.2) is 6.10 Å². The molecule has 4 heteroatoms. The number of rotatable bonds is 3. The van der Waals surface area contributed by atoms with E-state index in [1.165, 1.54) is 6.26 Å². The molecule has 0 aromatic heterocycles. The zero-order valence-corrected chi connectivity index (χ0v) is 6.92. The van der Waals surface area contributed by atoms with Crippen LogP contribution >= 0.6 is 12.6 Å². The van der Waals surface area contributed by atoms with E-state index >= 15 is 0 Å². The fourth-order valence-corrected chi connectivity index (χ4v) is 0.880. The molecule has 0 radical (unpaired) electrons. The molecule has 11 heavy (non-hydrogen) atoms. The summed E-state index contributed by atoms with van der Waals surface area (Å²) in [6, 6.07) is 0. The van der Waals surface area contributed by atoms with Gasteiger partial charge in [0.05, 0.1) is 12.9 Å². The summed E-state index contributed by atoms with van der Waals surface area (Å²) < 4.78 is 9.73. The Bertz CT molecular complexity index is 167. The lowest BCUT2D eigenvalue weighted by molar-refractivity contribution is -0.144. The minimum atomic E-state index is -0.397. The van der Waals surface area contributed by atoms with E-state index in [-0.39, 0.29) is 5.97 Å². The van der Waals surface area contributed by atoms with Crippen molar-refractivity contribution >= 4 is 18.6 Å². The number of ether oxygens (including phenoxy) is 2. The van der Waals surface area contributed by atoms with Crippen molar-refractivity contribution in [2.24, 2.45) is 0 Å². The van der Waals surface area contributed by atoms with Gasteiger partial charge in [-0.3, -0.25) is 0 Å². The highest BCUT2D eigenvalue weighted by atomic mass is 32.1. The van der Waals surface area contributed by atoms with Crippen molar-refractivity contribution in [3.05, 3.63) is 12.3 Å². The van der Waals surface area contributed by atoms with Gasteiger partial charge in [-0.05, 0) is 6.08 Å². The van der Waals surface area contributed by atoms with Gasteiger partial charge in [-0.15, -0.1) is 0 Å². The molecule has 1 atom stereocenters. The van der Waals surface area contributed by atoms with Crippen LogP contribution in [0.1, 0.15) is 6.42 Å². The zero-order chi connectivity index (χ0) is 8.10. The quantitative estimate of drug-likeness (QED) is 0.390. The van der Waals surface area contributed by atoms with Crippen LogP contribution in [-0.2, 0) is 14.3 Å². The molecule has 1 unspecified atom stereocenters. The van der Waals surface area contributed by atoms with Gasteiger partial charge in [0.2, 0.25) is 0 Å². The first kappa shape index (κ1) is 8.46. The number of cyclic esters (lactones) is 1. The number of hydrogen-bond donors (Lipinski definition) is 1. The van der Waals surface area contributed by atoms with Crippen molar-refractivity contribution in [1.29, 1.82) is 0 Å². The van der Waals surface area contributed by atoms with Gasteiger partial charge in [-0.2, -0.15) is 12.6 Å².